The van der Waals surface area contributed by atoms with Gasteiger partial charge in [0, 0.05) is 44.6 Å². The molecule has 2 aliphatic heterocycles. The van der Waals surface area contributed by atoms with Crippen molar-refractivity contribution in [1.82, 2.24) is 14.8 Å². The minimum absolute atomic E-state index is 0.00966. The maximum absolute atomic E-state index is 12.7. The van der Waals surface area contributed by atoms with Crippen LogP contribution in [0.25, 0.3) is 0 Å². The predicted molar refractivity (Wildman–Crippen MR) is 96.5 cm³/mol. The molecule has 2 N–H and O–H groups in total. The predicted octanol–water partition coefficient (Wildman–Crippen LogP) is 1.74. The summed E-state index contributed by atoms with van der Waals surface area (Å²) in [5.41, 5.74) is 0.511. The van der Waals surface area contributed by atoms with Crippen LogP contribution < -0.4 is 5.32 Å². The fourth-order valence-electron chi connectivity index (χ4n) is 3.82. The molecule has 134 valence electrons. The Hall–Kier alpha value is -1.18. The van der Waals surface area contributed by atoms with Crippen molar-refractivity contribution in [2.75, 3.05) is 51.7 Å². The number of aliphatic hydroxyl groups is 1. The SMILES string of the molecule is CNc1nc(C(=O)N2C[C@@H](CN3CCCCCC3)[C@@H](CO)C2)cs1. The second-order valence-electron chi connectivity index (χ2n) is 6.92. The van der Waals surface area contributed by atoms with E-state index >= 15 is 0 Å². The van der Waals surface area contributed by atoms with E-state index < -0.39 is 0 Å². The van der Waals surface area contributed by atoms with Crippen molar-refractivity contribution >= 4 is 22.4 Å². The van der Waals surface area contributed by atoms with Gasteiger partial charge in [0.25, 0.3) is 5.91 Å². The molecule has 1 aromatic heterocycles. The van der Waals surface area contributed by atoms with Crippen LogP contribution in [0.4, 0.5) is 5.13 Å². The molecule has 7 heteroatoms. The van der Waals surface area contributed by atoms with E-state index in [1.54, 1.807) is 0 Å². The fourth-order valence-corrected chi connectivity index (χ4v) is 4.46. The Morgan fingerprint density at radius 3 is 2.62 bits per heavy atom. The average Bonchev–Trinajstić information content (AvgIpc) is 3.16. The Bertz CT molecular complexity index is 542. The molecule has 2 saturated heterocycles. The molecular weight excluding hydrogens is 324 g/mol. The summed E-state index contributed by atoms with van der Waals surface area (Å²) >= 11 is 1.45. The number of hydrogen-bond donors (Lipinski definition) is 2. The van der Waals surface area contributed by atoms with E-state index in [1.807, 2.05) is 17.3 Å². The summed E-state index contributed by atoms with van der Waals surface area (Å²) in [5.74, 6) is 0.531. The highest BCUT2D eigenvalue weighted by molar-refractivity contribution is 7.13. The van der Waals surface area contributed by atoms with Crippen molar-refractivity contribution in [3.8, 4) is 0 Å². The van der Waals surface area contributed by atoms with Crippen LogP contribution in [-0.4, -0.2) is 72.2 Å². The van der Waals surface area contributed by atoms with Crippen LogP contribution in [0.2, 0.25) is 0 Å². The Labute approximate surface area is 147 Å². The molecule has 0 aliphatic carbocycles. The minimum atomic E-state index is -0.00966. The van der Waals surface area contributed by atoms with Gasteiger partial charge in [-0.15, -0.1) is 11.3 Å². The highest BCUT2D eigenvalue weighted by Gasteiger charge is 2.36. The molecule has 24 heavy (non-hydrogen) atoms. The van der Waals surface area contributed by atoms with E-state index in [4.69, 9.17) is 0 Å². The van der Waals surface area contributed by atoms with Gasteiger partial charge in [-0.3, -0.25) is 4.79 Å². The fraction of sp³-hybridized carbons (Fsp3) is 0.765. The third-order valence-electron chi connectivity index (χ3n) is 5.23. The molecular formula is C17H28N4O2S. The number of rotatable bonds is 5. The van der Waals surface area contributed by atoms with Crippen molar-refractivity contribution in [3.63, 3.8) is 0 Å². The van der Waals surface area contributed by atoms with E-state index in [0.29, 0.717) is 18.2 Å². The maximum atomic E-state index is 12.7. The number of anilines is 1. The first kappa shape index (κ1) is 17.6. The molecule has 3 heterocycles. The van der Waals surface area contributed by atoms with Gasteiger partial charge in [0.1, 0.15) is 5.69 Å². The Kier molecular flexibility index (Phi) is 6.08. The van der Waals surface area contributed by atoms with Crippen molar-refractivity contribution < 1.29 is 9.90 Å². The summed E-state index contributed by atoms with van der Waals surface area (Å²) in [7, 11) is 1.81. The van der Waals surface area contributed by atoms with E-state index in [1.165, 1.54) is 37.0 Å². The molecule has 0 unspecified atom stereocenters. The number of nitrogens with zero attached hydrogens (tertiary/aromatic N) is 3. The van der Waals surface area contributed by atoms with Gasteiger partial charge in [0.2, 0.25) is 0 Å². The standard InChI is InChI=1S/C17H28N4O2S/c1-18-17-19-15(12-24-17)16(23)21-9-13(14(10-21)11-22)8-20-6-4-2-3-5-7-20/h12-14,22H,2-11H2,1H3,(H,18,19)/t13-,14-/m1/s1. The molecule has 0 spiro atoms. The summed E-state index contributed by atoms with van der Waals surface area (Å²) in [5, 5.41) is 15.3. The molecule has 2 fully saturated rings. The average molecular weight is 353 g/mol. The van der Waals surface area contributed by atoms with Gasteiger partial charge >= 0.3 is 0 Å². The quantitative estimate of drug-likeness (QED) is 0.845. The van der Waals surface area contributed by atoms with Crippen LogP contribution in [-0.2, 0) is 0 Å². The van der Waals surface area contributed by atoms with Crippen molar-refractivity contribution in [3.05, 3.63) is 11.1 Å². The zero-order chi connectivity index (χ0) is 16.9. The van der Waals surface area contributed by atoms with Crippen LogP contribution in [0, 0.1) is 11.8 Å². The lowest BCUT2D eigenvalue weighted by Gasteiger charge is -2.26. The molecule has 1 aromatic rings. The summed E-state index contributed by atoms with van der Waals surface area (Å²) in [6.45, 7) is 4.82. The maximum Gasteiger partial charge on any atom is 0.273 e. The number of likely N-dealkylation sites (tertiary alicyclic amines) is 2. The number of carbonyl (C=O) groups is 1. The van der Waals surface area contributed by atoms with E-state index in [0.717, 1.165) is 31.3 Å². The van der Waals surface area contributed by atoms with E-state index in [9.17, 15) is 9.90 Å². The van der Waals surface area contributed by atoms with Crippen molar-refractivity contribution in [1.29, 1.82) is 0 Å². The zero-order valence-electron chi connectivity index (χ0n) is 14.4. The smallest absolute Gasteiger partial charge is 0.273 e. The second-order valence-corrected chi connectivity index (χ2v) is 7.77. The van der Waals surface area contributed by atoms with Crippen LogP contribution in [0.1, 0.15) is 36.2 Å². The van der Waals surface area contributed by atoms with E-state index in [-0.39, 0.29) is 18.4 Å². The molecule has 0 saturated carbocycles. The number of amides is 1. The largest absolute Gasteiger partial charge is 0.396 e. The number of nitrogens with one attached hydrogen (secondary N) is 1. The topological polar surface area (TPSA) is 68.7 Å². The van der Waals surface area contributed by atoms with Crippen LogP contribution in [0.15, 0.2) is 5.38 Å². The first-order valence-electron chi connectivity index (χ1n) is 8.97. The molecule has 6 nitrogen and oxygen atoms in total. The van der Waals surface area contributed by atoms with Crippen molar-refractivity contribution in [2.24, 2.45) is 11.8 Å². The molecule has 0 bridgehead atoms. The summed E-state index contributed by atoms with van der Waals surface area (Å²) in [4.78, 5) is 21.4. The Morgan fingerprint density at radius 2 is 2.00 bits per heavy atom. The van der Waals surface area contributed by atoms with Gasteiger partial charge in [-0.05, 0) is 31.8 Å². The van der Waals surface area contributed by atoms with Gasteiger partial charge in [0.15, 0.2) is 5.13 Å². The lowest BCUT2D eigenvalue weighted by atomic mass is 9.96. The summed E-state index contributed by atoms with van der Waals surface area (Å²) in [6.07, 6.45) is 5.19. The van der Waals surface area contributed by atoms with Gasteiger partial charge in [-0.1, -0.05) is 12.8 Å². The second kappa shape index (κ2) is 8.27. The number of aromatic nitrogens is 1. The molecule has 2 aliphatic rings. The minimum Gasteiger partial charge on any atom is -0.396 e. The van der Waals surface area contributed by atoms with Gasteiger partial charge < -0.3 is 20.2 Å². The third-order valence-corrected chi connectivity index (χ3v) is 6.09. The lowest BCUT2D eigenvalue weighted by Crippen LogP contribution is -2.35. The third kappa shape index (κ3) is 4.07. The van der Waals surface area contributed by atoms with E-state index in [2.05, 4.69) is 15.2 Å². The molecule has 3 rings (SSSR count). The summed E-state index contributed by atoms with van der Waals surface area (Å²) in [6, 6.07) is 0. The van der Waals surface area contributed by atoms with Crippen LogP contribution >= 0.6 is 11.3 Å². The van der Waals surface area contributed by atoms with Crippen LogP contribution in [0.3, 0.4) is 0 Å². The zero-order valence-corrected chi connectivity index (χ0v) is 15.2. The van der Waals surface area contributed by atoms with Crippen LogP contribution in [0.5, 0.6) is 0 Å². The molecule has 2 atom stereocenters. The Balaban J connectivity index is 1.61. The van der Waals surface area contributed by atoms with Gasteiger partial charge in [-0.2, -0.15) is 0 Å². The Morgan fingerprint density at radius 1 is 1.29 bits per heavy atom. The highest BCUT2D eigenvalue weighted by atomic mass is 32.1. The molecule has 0 radical (unpaired) electrons. The number of aliphatic hydroxyl groups excluding tert-OH is 1. The summed E-state index contributed by atoms with van der Waals surface area (Å²) < 4.78 is 0. The number of hydrogen-bond acceptors (Lipinski definition) is 6. The first-order valence-corrected chi connectivity index (χ1v) is 9.85. The normalized spacial score (nSPS) is 25.7. The monoisotopic (exact) mass is 352 g/mol. The van der Waals surface area contributed by atoms with Gasteiger partial charge in [-0.25, -0.2) is 4.98 Å². The molecule has 0 aromatic carbocycles. The first-order chi connectivity index (χ1) is 11.7. The number of carbonyl (C=O) groups excluding carboxylic acids is 1. The lowest BCUT2D eigenvalue weighted by molar-refractivity contribution is 0.0774. The number of thiazole rings is 1. The molecule has 1 amide bonds. The van der Waals surface area contributed by atoms with Crippen molar-refractivity contribution in [2.45, 2.75) is 25.7 Å². The highest BCUT2D eigenvalue weighted by Crippen LogP contribution is 2.27. The van der Waals surface area contributed by atoms with Gasteiger partial charge in [0.05, 0.1) is 0 Å².